The number of hydrogen-bond donors (Lipinski definition) is 1. The van der Waals surface area contributed by atoms with E-state index in [9.17, 15) is 18.0 Å². The van der Waals surface area contributed by atoms with Crippen LogP contribution in [0.3, 0.4) is 0 Å². The number of piperidine rings is 1. The van der Waals surface area contributed by atoms with E-state index in [-0.39, 0.29) is 5.91 Å². The first kappa shape index (κ1) is 27.9. The number of amides is 1. The minimum absolute atomic E-state index is 0.183. The number of alkyl halides is 3. The van der Waals surface area contributed by atoms with Gasteiger partial charge in [-0.2, -0.15) is 13.2 Å². The lowest BCUT2D eigenvalue weighted by molar-refractivity contribution is -0.192. The Morgan fingerprint density at radius 1 is 0.950 bits per heavy atom. The third-order valence-corrected chi connectivity index (χ3v) is 7.99. The van der Waals surface area contributed by atoms with Gasteiger partial charge in [0.15, 0.2) is 0 Å². The molecule has 3 aromatic rings. The number of carbonyl (C=O) groups excluding carboxylic acids is 1. The molecule has 0 unspecified atom stereocenters. The number of carbonyl (C=O) groups is 2. The van der Waals surface area contributed by atoms with Gasteiger partial charge in [-0.15, -0.1) is 0 Å². The summed E-state index contributed by atoms with van der Waals surface area (Å²) in [6.45, 7) is 6.04. The topological polar surface area (TPSA) is 77.0 Å². The molecule has 2 fully saturated rings. The highest BCUT2D eigenvalue weighted by Gasteiger charge is 2.38. The van der Waals surface area contributed by atoms with Crippen molar-refractivity contribution in [1.82, 2.24) is 14.8 Å². The fraction of sp³-hybridized carbons (Fsp3) is 0.433. The minimum Gasteiger partial charge on any atom is -0.475 e. The quantitative estimate of drug-likeness (QED) is 0.471. The average molecular weight is 555 g/mol. The molecule has 10 heteroatoms. The Morgan fingerprint density at radius 3 is 2.35 bits per heavy atom. The van der Waals surface area contributed by atoms with Gasteiger partial charge >= 0.3 is 12.1 Å². The first-order valence-corrected chi connectivity index (χ1v) is 13.8. The molecule has 2 saturated heterocycles. The maximum absolute atomic E-state index is 13.4. The van der Waals surface area contributed by atoms with Crippen molar-refractivity contribution in [2.24, 2.45) is 0 Å². The smallest absolute Gasteiger partial charge is 0.475 e. The third-order valence-electron chi connectivity index (χ3n) is 7.99. The predicted octanol–water partition coefficient (Wildman–Crippen LogP) is 5.13. The lowest BCUT2D eigenvalue weighted by Gasteiger charge is -2.38. The molecule has 4 heterocycles. The Balaban J connectivity index is 0.000000411. The maximum Gasteiger partial charge on any atom is 0.490 e. The molecular weight excluding hydrogens is 521 g/mol. The SMILES string of the molecule is O=C(O)C(F)(F)F.O=C1c2c(cccc2N2CCC(N3CCCC3)CC2)CN1CCc1ccc2ccccc2n1. The Kier molecular flexibility index (Phi) is 8.25. The summed E-state index contributed by atoms with van der Waals surface area (Å²) in [6, 6.07) is 19.5. The number of aromatic nitrogens is 1. The highest BCUT2D eigenvalue weighted by molar-refractivity contribution is 6.03. The van der Waals surface area contributed by atoms with Crippen LogP contribution in [0.15, 0.2) is 54.6 Å². The zero-order valence-electron chi connectivity index (χ0n) is 22.2. The van der Waals surface area contributed by atoms with E-state index in [1.807, 2.05) is 17.0 Å². The van der Waals surface area contributed by atoms with Gasteiger partial charge in [-0.05, 0) is 62.5 Å². The third kappa shape index (κ3) is 6.22. The monoisotopic (exact) mass is 554 g/mol. The Bertz CT molecular complexity index is 1370. The number of pyridine rings is 1. The van der Waals surface area contributed by atoms with Crippen molar-refractivity contribution >= 4 is 28.5 Å². The molecule has 0 bridgehead atoms. The van der Waals surface area contributed by atoms with Crippen LogP contribution in [0.1, 0.15) is 47.3 Å². The number of aliphatic carboxylic acids is 1. The molecule has 40 heavy (non-hydrogen) atoms. The first-order valence-electron chi connectivity index (χ1n) is 13.8. The van der Waals surface area contributed by atoms with Crippen molar-refractivity contribution in [3.8, 4) is 0 Å². The summed E-state index contributed by atoms with van der Waals surface area (Å²) in [6.07, 6.45) is 0.808. The van der Waals surface area contributed by atoms with Crippen molar-refractivity contribution in [2.45, 2.75) is 50.9 Å². The molecule has 0 saturated carbocycles. The van der Waals surface area contributed by atoms with Crippen LogP contribution in [0.4, 0.5) is 18.9 Å². The molecule has 0 spiro atoms. The fourth-order valence-electron chi connectivity index (χ4n) is 5.92. The zero-order valence-corrected chi connectivity index (χ0v) is 22.2. The molecular formula is C30H33F3N4O3. The van der Waals surface area contributed by atoms with Crippen molar-refractivity contribution in [2.75, 3.05) is 37.6 Å². The van der Waals surface area contributed by atoms with Crippen LogP contribution in [0.2, 0.25) is 0 Å². The molecule has 1 N–H and O–H groups in total. The highest BCUT2D eigenvalue weighted by atomic mass is 19.4. The number of rotatable bonds is 5. The number of nitrogens with zero attached hydrogens (tertiary/aromatic N) is 4. The van der Waals surface area contributed by atoms with Gasteiger partial charge in [0.2, 0.25) is 0 Å². The molecule has 212 valence electrons. The van der Waals surface area contributed by atoms with Gasteiger partial charge < -0.3 is 19.8 Å². The van der Waals surface area contributed by atoms with Gasteiger partial charge in [0.25, 0.3) is 5.91 Å². The summed E-state index contributed by atoms with van der Waals surface area (Å²) in [5.74, 6) is -2.57. The second kappa shape index (κ2) is 11.8. The van der Waals surface area contributed by atoms with Crippen LogP contribution in [0.5, 0.6) is 0 Å². The molecule has 1 aromatic heterocycles. The normalized spacial score (nSPS) is 18.1. The van der Waals surface area contributed by atoms with Gasteiger partial charge in [0, 0.05) is 55.4 Å². The molecule has 3 aliphatic heterocycles. The lowest BCUT2D eigenvalue weighted by Crippen LogP contribution is -2.44. The van der Waals surface area contributed by atoms with Crippen LogP contribution in [0, 0.1) is 0 Å². The highest BCUT2D eigenvalue weighted by Crippen LogP contribution is 2.34. The van der Waals surface area contributed by atoms with Crippen molar-refractivity contribution < 1.29 is 27.9 Å². The molecule has 0 aliphatic carbocycles. The van der Waals surface area contributed by atoms with Gasteiger partial charge in [-0.25, -0.2) is 4.79 Å². The molecule has 3 aliphatic rings. The average Bonchev–Trinajstić information content (AvgIpc) is 3.60. The summed E-state index contributed by atoms with van der Waals surface area (Å²) < 4.78 is 31.7. The Hall–Kier alpha value is -3.66. The first-order chi connectivity index (χ1) is 19.2. The van der Waals surface area contributed by atoms with Crippen LogP contribution >= 0.6 is 0 Å². The van der Waals surface area contributed by atoms with Crippen LogP contribution in [-0.2, 0) is 17.8 Å². The van der Waals surface area contributed by atoms with Crippen LogP contribution < -0.4 is 4.90 Å². The second-order valence-electron chi connectivity index (χ2n) is 10.5. The largest absolute Gasteiger partial charge is 0.490 e. The van der Waals surface area contributed by atoms with Crippen LogP contribution in [-0.4, -0.2) is 76.7 Å². The number of fused-ring (bicyclic) bond motifs is 2. The summed E-state index contributed by atoms with van der Waals surface area (Å²) in [5.41, 5.74) is 5.31. The Morgan fingerprint density at radius 2 is 1.65 bits per heavy atom. The molecule has 7 nitrogen and oxygen atoms in total. The molecule has 1 amide bonds. The number of carboxylic acid groups (broad SMARTS) is 1. The maximum atomic E-state index is 13.4. The lowest BCUT2D eigenvalue weighted by atomic mass is 10.0. The van der Waals surface area contributed by atoms with E-state index in [0.717, 1.165) is 53.4 Å². The van der Waals surface area contributed by atoms with E-state index in [1.165, 1.54) is 44.3 Å². The van der Waals surface area contributed by atoms with Crippen molar-refractivity contribution in [3.63, 3.8) is 0 Å². The number of benzene rings is 2. The fourth-order valence-corrected chi connectivity index (χ4v) is 5.92. The van der Waals surface area contributed by atoms with E-state index < -0.39 is 12.1 Å². The molecule has 0 atom stereocenters. The second-order valence-corrected chi connectivity index (χ2v) is 10.5. The van der Waals surface area contributed by atoms with Gasteiger partial charge in [0.05, 0.1) is 11.1 Å². The van der Waals surface area contributed by atoms with Crippen molar-refractivity contribution in [3.05, 3.63) is 71.4 Å². The molecule has 0 radical (unpaired) electrons. The summed E-state index contributed by atoms with van der Waals surface area (Å²) >= 11 is 0. The summed E-state index contributed by atoms with van der Waals surface area (Å²) in [7, 11) is 0. The van der Waals surface area contributed by atoms with Gasteiger partial charge in [0.1, 0.15) is 0 Å². The van der Waals surface area contributed by atoms with E-state index in [2.05, 4.69) is 52.3 Å². The van der Waals surface area contributed by atoms with E-state index >= 15 is 0 Å². The van der Waals surface area contributed by atoms with E-state index in [4.69, 9.17) is 14.9 Å². The zero-order chi connectivity index (χ0) is 28.3. The molecule has 6 rings (SSSR count). The number of halogens is 3. The number of carboxylic acids is 1. The standard InChI is InChI=1S/C28H32N4O.C2HF3O2/c33-28-27-22(20-32(28)17-12-23-11-10-21-6-1-2-8-25(21)29-23)7-5-9-26(27)31-18-13-24(14-19-31)30-15-3-4-16-30;3-2(4,5)1(6)7/h1-2,5-11,24H,3-4,12-20H2;(H,6,7). The number of para-hydroxylation sites is 1. The number of hydrogen-bond acceptors (Lipinski definition) is 5. The summed E-state index contributed by atoms with van der Waals surface area (Å²) in [5, 5.41) is 8.28. The van der Waals surface area contributed by atoms with E-state index in [1.54, 1.807) is 0 Å². The summed E-state index contributed by atoms with van der Waals surface area (Å²) in [4.78, 5) is 34.3. The molecule has 2 aromatic carbocycles. The number of anilines is 1. The van der Waals surface area contributed by atoms with Gasteiger partial charge in [-0.3, -0.25) is 9.78 Å². The van der Waals surface area contributed by atoms with Gasteiger partial charge in [-0.1, -0.05) is 36.4 Å². The Labute approximate surface area is 231 Å². The predicted molar refractivity (Wildman–Crippen MR) is 146 cm³/mol. The van der Waals surface area contributed by atoms with E-state index in [0.29, 0.717) is 13.1 Å². The van der Waals surface area contributed by atoms with Crippen LogP contribution in [0.25, 0.3) is 10.9 Å². The minimum atomic E-state index is -5.08. The van der Waals surface area contributed by atoms with Crippen molar-refractivity contribution in [1.29, 1.82) is 0 Å². The number of likely N-dealkylation sites (tertiary alicyclic amines) is 1.